The number of hydrogen-bond acceptors (Lipinski definition) is 7. The summed E-state index contributed by atoms with van der Waals surface area (Å²) >= 11 is 0. The molecule has 3 aromatic heterocycles. The monoisotopic (exact) mass is 576 g/mol. The minimum atomic E-state index is -1.03. The van der Waals surface area contributed by atoms with Crippen molar-refractivity contribution in [3.63, 3.8) is 0 Å². The first-order valence-electron chi connectivity index (χ1n) is 15.0. The number of hydrogen-bond donors (Lipinski definition) is 0. The van der Waals surface area contributed by atoms with E-state index in [1.54, 1.807) is 0 Å². The minimum absolute atomic E-state index is 0.499. The molecule has 0 saturated heterocycles. The van der Waals surface area contributed by atoms with E-state index in [9.17, 15) is 4.79 Å². The van der Waals surface area contributed by atoms with Gasteiger partial charge in [0.15, 0.2) is 11.8 Å². The molecule has 5 aromatic rings. The molecule has 0 spiro atoms. The number of benzene rings is 2. The summed E-state index contributed by atoms with van der Waals surface area (Å²) in [7, 11) is 1.38. The summed E-state index contributed by atoms with van der Waals surface area (Å²) < 4.78 is 19.6. The Morgan fingerprint density at radius 2 is 1.81 bits per heavy atom. The summed E-state index contributed by atoms with van der Waals surface area (Å²) in [5.41, 5.74) is 9.49. The summed E-state index contributed by atoms with van der Waals surface area (Å²) in [6.45, 7) is 8.31. The smallest absolute Gasteiger partial charge is 0.339 e. The lowest BCUT2D eigenvalue weighted by molar-refractivity contribution is -0.164. The molecule has 8 heteroatoms. The maximum atomic E-state index is 13.4. The normalized spacial score (nSPS) is 15.3. The topological polar surface area (TPSA) is 87.8 Å². The van der Waals surface area contributed by atoms with Gasteiger partial charge < -0.3 is 14.2 Å². The zero-order valence-electron chi connectivity index (χ0n) is 25.4. The molecule has 0 fully saturated rings. The molecule has 43 heavy (non-hydrogen) atoms. The Balaban J connectivity index is 1.53. The van der Waals surface area contributed by atoms with Gasteiger partial charge in [0.05, 0.1) is 36.2 Å². The van der Waals surface area contributed by atoms with Gasteiger partial charge in [-0.05, 0) is 94.3 Å². The van der Waals surface area contributed by atoms with Gasteiger partial charge in [-0.25, -0.2) is 14.3 Å². The third-order valence-corrected chi connectivity index (χ3v) is 8.45. The van der Waals surface area contributed by atoms with Gasteiger partial charge in [-0.3, -0.25) is 4.98 Å². The van der Waals surface area contributed by atoms with Crippen LogP contribution in [-0.2, 0) is 33.5 Å². The highest BCUT2D eigenvalue weighted by Gasteiger charge is 2.35. The molecule has 7 rings (SSSR count). The predicted molar refractivity (Wildman–Crippen MR) is 165 cm³/mol. The molecule has 0 amide bonds. The number of carbonyl (C=O) groups excluding carboxylic acids is 1. The number of esters is 1. The number of aryl methyl sites for hydroxylation is 3. The Kier molecular flexibility index (Phi) is 6.69. The maximum Gasteiger partial charge on any atom is 0.339 e. The van der Waals surface area contributed by atoms with Crippen molar-refractivity contribution in [2.75, 3.05) is 13.7 Å². The van der Waals surface area contributed by atoms with Crippen molar-refractivity contribution in [2.45, 2.75) is 71.5 Å². The molecule has 0 radical (unpaired) electrons. The van der Waals surface area contributed by atoms with E-state index in [-0.39, 0.29) is 0 Å². The number of nitrogens with zero attached hydrogens (tertiary/aromatic N) is 4. The molecular weight excluding hydrogens is 540 g/mol. The second kappa shape index (κ2) is 10.5. The third kappa shape index (κ3) is 4.83. The van der Waals surface area contributed by atoms with Gasteiger partial charge in [-0.2, -0.15) is 5.10 Å². The van der Waals surface area contributed by atoms with Crippen LogP contribution < -0.4 is 4.74 Å². The quantitative estimate of drug-likeness (QED) is 0.214. The van der Waals surface area contributed by atoms with Crippen LogP contribution in [0.15, 0.2) is 48.7 Å². The summed E-state index contributed by atoms with van der Waals surface area (Å²) in [6.07, 6.45) is 6.27. The van der Waals surface area contributed by atoms with Crippen LogP contribution in [0.1, 0.15) is 67.7 Å². The number of fused-ring (bicyclic) bond motifs is 2. The fourth-order valence-corrected chi connectivity index (χ4v) is 6.52. The molecular formula is C35H36N4O4. The summed E-state index contributed by atoms with van der Waals surface area (Å²) in [5.74, 6) is 0.309. The zero-order valence-corrected chi connectivity index (χ0v) is 25.4. The molecule has 1 aliphatic carbocycles. The number of aromatic nitrogens is 4. The van der Waals surface area contributed by atoms with Crippen LogP contribution >= 0.6 is 0 Å². The molecule has 2 aromatic carbocycles. The van der Waals surface area contributed by atoms with E-state index >= 15 is 0 Å². The van der Waals surface area contributed by atoms with E-state index < -0.39 is 17.7 Å². The van der Waals surface area contributed by atoms with Gasteiger partial charge in [-0.1, -0.05) is 12.1 Å². The first kappa shape index (κ1) is 27.5. The summed E-state index contributed by atoms with van der Waals surface area (Å²) in [6, 6.07) is 14.7. The molecule has 4 heterocycles. The Labute approximate surface area is 251 Å². The lowest BCUT2D eigenvalue weighted by Gasteiger charge is -2.28. The van der Waals surface area contributed by atoms with Gasteiger partial charge in [0.1, 0.15) is 5.75 Å². The van der Waals surface area contributed by atoms with Crippen LogP contribution in [-0.4, -0.2) is 44.9 Å². The lowest BCUT2D eigenvalue weighted by atomic mass is 9.90. The predicted octanol–water partition coefficient (Wildman–Crippen LogP) is 6.76. The molecule has 2 aliphatic rings. The number of ether oxygens (including phenoxy) is 3. The van der Waals surface area contributed by atoms with Gasteiger partial charge >= 0.3 is 5.97 Å². The van der Waals surface area contributed by atoms with Crippen LogP contribution in [0.3, 0.4) is 0 Å². The number of rotatable bonds is 5. The van der Waals surface area contributed by atoms with E-state index in [2.05, 4.69) is 24.3 Å². The number of carbonyl (C=O) groups is 1. The first-order chi connectivity index (χ1) is 20.7. The molecule has 0 bridgehead atoms. The number of methoxy groups -OCH3 is 1. The molecule has 0 N–H and O–H groups in total. The fourth-order valence-electron chi connectivity index (χ4n) is 6.52. The van der Waals surface area contributed by atoms with E-state index in [0.717, 1.165) is 52.7 Å². The van der Waals surface area contributed by atoms with Crippen molar-refractivity contribution in [1.29, 1.82) is 0 Å². The summed E-state index contributed by atoms with van der Waals surface area (Å²) in [5, 5.41) is 6.13. The van der Waals surface area contributed by atoms with Crippen LogP contribution in [0.2, 0.25) is 0 Å². The van der Waals surface area contributed by atoms with Crippen LogP contribution in [0.25, 0.3) is 39.1 Å². The molecule has 0 saturated carbocycles. The molecule has 1 aliphatic heterocycles. The Morgan fingerprint density at radius 3 is 2.60 bits per heavy atom. The maximum absolute atomic E-state index is 13.4. The van der Waals surface area contributed by atoms with Crippen molar-refractivity contribution in [3.8, 4) is 28.3 Å². The van der Waals surface area contributed by atoms with Crippen molar-refractivity contribution in [2.24, 2.45) is 0 Å². The Hall–Kier alpha value is -4.30. The van der Waals surface area contributed by atoms with E-state index in [4.69, 9.17) is 29.3 Å². The van der Waals surface area contributed by atoms with Gasteiger partial charge in [0.25, 0.3) is 0 Å². The minimum Gasteiger partial charge on any atom is -0.493 e. The van der Waals surface area contributed by atoms with Gasteiger partial charge in [0, 0.05) is 46.5 Å². The SMILES string of the molecule is COC(=O)[C@@H](OC(C)(C)C)c1c(C)nc2cc(-c3ccc4c(c3)CCCC4)nn2c1-c1ccc2c3c(ccnc13)CCO2. The molecule has 1 atom stereocenters. The van der Waals surface area contributed by atoms with Crippen molar-refractivity contribution in [3.05, 3.63) is 76.6 Å². The van der Waals surface area contributed by atoms with Gasteiger partial charge in [0.2, 0.25) is 0 Å². The molecule has 8 nitrogen and oxygen atoms in total. The number of pyridine rings is 1. The van der Waals surface area contributed by atoms with Crippen molar-refractivity contribution < 1.29 is 19.0 Å². The van der Waals surface area contributed by atoms with E-state index in [1.807, 2.05) is 56.6 Å². The first-order valence-corrected chi connectivity index (χ1v) is 15.0. The van der Waals surface area contributed by atoms with Crippen LogP contribution in [0, 0.1) is 6.92 Å². The highest BCUT2D eigenvalue weighted by atomic mass is 16.6. The Morgan fingerprint density at radius 1 is 1.00 bits per heavy atom. The highest BCUT2D eigenvalue weighted by molar-refractivity contribution is 6.00. The van der Waals surface area contributed by atoms with Crippen LogP contribution in [0.5, 0.6) is 5.75 Å². The van der Waals surface area contributed by atoms with Crippen molar-refractivity contribution >= 4 is 22.5 Å². The van der Waals surface area contributed by atoms with E-state index in [1.165, 1.54) is 36.6 Å². The van der Waals surface area contributed by atoms with Crippen LogP contribution in [0.4, 0.5) is 0 Å². The average Bonchev–Trinajstić information content (AvgIpc) is 3.42. The molecule has 0 unspecified atom stereocenters. The zero-order chi connectivity index (χ0) is 29.9. The second-order valence-corrected chi connectivity index (χ2v) is 12.5. The van der Waals surface area contributed by atoms with Crippen molar-refractivity contribution in [1.82, 2.24) is 19.6 Å². The lowest BCUT2D eigenvalue weighted by Crippen LogP contribution is -2.30. The second-order valence-electron chi connectivity index (χ2n) is 12.5. The van der Waals surface area contributed by atoms with Gasteiger partial charge in [-0.15, -0.1) is 0 Å². The highest BCUT2D eigenvalue weighted by Crippen LogP contribution is 2.42. The third-order valence-electron chi connectivity index (χ3n) is 8.45. The van der Waals surface area contributed by atoms with E-state index in [0.29, 0.717) is 29.2 Å². The Bertz CT molecular complexity index is 1890. The molecule has 220 valence electrons. The summed E-state index contributed by atoms with van der Waals surface area (Å²) in [4.78, 5) is 23.2. The largest absolute Gasteiger partial charge is 0.493 e. The standard InChI is InChI=1S/C35H36N4O4/c1-20-29(33(34(40)41-5)43-35(2,3)4)32(25-12-13-27-30-22(15-17-42-27)14-16-36-31(25)30)39-28(37-20)19-26(38-39)24-11-10-21-8-6-7-9-23(21)18-24/h10-14,16,18-19,33H,6-9,15,17H2,1-5H3/t33-/m0/s1. The fraction of sp³-hybridized carbons (Fsp3) is 0.371. The average molecular weight is 577 g/mol.